The van der Waals surface area contributed by atoms with E-state index in [0.717, 1.165) is 40.6 Å². The first-order valence-corrected chi connectivity index (χ1v) is 11.9. The number of nitrogens with two attached hydrogens (primary N) is 1. The predicted octanol–water partition coefficient (Wildman–Crippen LogP) is 3.48. The summed E-state index contributed by atoms with van der Waals surface area (Å²) < 4.78 is 1.62. The molecule has 3 N–H and O–H groups in total. The lowest BCUT2D eigenvalue weighted by Gasteiger charge is -2.15. The highest BCUT2D eigenvalue weighted by Crippen LogP contribution is 2.43. The number of carbonyl (C=O) groups excluding carboxylic acids is 1. The topological polar surface area (TPSA) is 106 Å². The second kappa shape index (κ2) is 8.53. The van der Waals surface area contributed by atoms with Gasteiger partial charge < -0.3 is 16.0 Å². The van der Waals surface area contributed by atoms with Crippen molar-refractivity contribution in [3.8, 4) is 5.69 Å². The minimum Gasteiger partial charge on any atom is -0.385 e. The monoisotopic (exact) mass is 484 g/mol. The van der Waals surface area contributed by atoms with Crippen molar-refractivity contribution in [2.75, 3.05) is 34.8 Å². The number of halogens is 1. The number of amidine groups is 1. The fourth-order valence-corrected chi connectivity index (χ4v) is 5.49. The quantitative estimate of drug-likeness (QED) is 0.422. The fourth-order valence-electron chi connectivity index (χ4n) is 3.48. The van der Waals surface area contributed by atoms with Crippen LogP contribution in [0.5, 0.6) is 0 Å². The van der Waals surface area contributed by atoms with Crippen molar-refractivity contribution in [3.05, 3.63) is 63.9 Å². The van der Waals surface area contributed by atoms with Gasteiger partial charge in [0.1, 0.15) is 5.82 Å². The van der Waals surface area contributed by atoms with Gasteiger partial charge in [-0.05, 0) is 54.2 Å². The summed E-state index contributed by atoms with van der Waals surface area (Å²) in [7, 11) is 0. The molecule has 0 saturated heterocycles. The lowest BCUT2D eigenvalue weighted by molar-refractivity contribution is -0.113. The van der Waals surface area contributed by atoms with Crippen molar-refractivity contribution >= 4 is 63.4 Å². The first kappa shape index (κ1) is 20.9. The van der Waals surface area contributed by atoms with Crippen LogP contribution >= 0.6 is 35.1 Å². The van der Waals surface area contributed by atoms with E-state index >= 15 is 0 Å². The molecule has 3 aromatic rings. The van der Waals surface area contributed by atoms with Gasteiger partial charge >= 0.3 is 0 Å². The molecule has 0 spiro atoms. The van der Waals surface area contributed by atoms with Gasteiger partial charge in [-0.3, -0.25) is 19.1 Å². The van der Waals surface area contributed by atoms with Gasteiger partial charge in [0.05, 0.1) is 18.0 Å². The number of aromatic nitrogens is 2. The van der Waals surface area contributed by atoms with Crippen LogP contribution in [0.1, 0.15) is 0 Å². The molecule has 0 bridgehead atoms. The Morgan fingerprint density at radius 2 is 2.03 bits per heavy atom. The summed E-state index contributed by atoms with van der Waals surface area (Å²) in [4.78, 5) is 36.4. The molecule has 1 amide bonds. The Morgan fingerprint density at radius 1 is 1.22 bits per heavy atom. The normalized spacial score (nSPS) is 14.2. The van der Waals surface area contributed by atoms with Gasteiger partial charge in [0, 0.05) is 33.9 Å². The number of anilines is 3. The van der Waals surface area contributed by atoms with Crippen LogP contribution in [0.4, 0.5) is 17.2 Å². The molecule has 3 heterocycles. The third kappa shape index (κ3) is 4.08. The largest absolute Gasteiger partial charge is 0.385 e. The highest BCUT2D eigenvalue weighted by Gasteiger charge is 2.29. The highest BCUT2D eigenvalue weighted by atomic mass is 35.5. The SMILES string of the molecule is Nc1cc(=O)nc(SCC(=O)Nc2ccc3c(c2)N2CCN=C2S3)n1-c1ccc(Cl)cc1. The Bertz CT molecular complexity index is 1310. The van der Waals surface area contributed by atoms with E-state index in [2.05, 4.69) is 20.2 Å². The molecule has 11 heteroatoms. The molecule has 2 aliphatic heterocycles. The zero-order valence-corrected chi connectivity index (χ0v) is 19.0. The van der Waals surface area contributed by atoms with Gasteiger partial charge in [-0.2, -0.15) is 4.98 Å². The third-order valence-electron chi connectivity index (χ3n) is 4.88. The molecule has 32 heavy (non-hydrogen) atoms. The Labute approximate surface area is 196 Å². The van der Waals surface area contributed by atoms with Gasteiger partial charge in [-0.15, -0.1) is 0 Å². The van der Waals surface area contributed by atoms with E-state index in [-0.39, 0.29) is 17.5 Å². The fraction of sp³-hybridized carbons (Fsp3) is 0.143. The number of carbonyl (C=O) groups is 1. The second-order valence-corrected chi connectivity index (χ2v) is 9.44. The summed E-state index contributed by atoms with van der Waals surface area (Å²) in [5, 5.41) is 4.83. The van der Waals surface area contributed by atoms with Gasteiger partial charge in [0.2, 0.25) is 5.91 Å². The molecule has 0 radical (unpaired) electrons. The molecule has 162 valence electrons. The molecule has 0 saturated carbocycles. The summed E-state index contributed by atoms with van der Waals surface area (Å²) in [6, 6.07) is 14.1. The van der Waals surface area contributed by atoms with E-state index in [1.54, 1.807) is 40.6 Å². The Kier molecular flexibility index (Phi) is 5.58. The number of hydrogen-bond donors (Lipinski definition) is 2. The van der Waals surface area contributed by atoms with Crippen LogP contribution in [0.3, 0.4) is 0 Å². The van der Waals surface area contributed by atoms with Crippen LogP contribution in [-0.4, -0.2) is 39.5 Å². The van der Waals surface area contributed by atoms with Gasteiger partial charge in [0.15, 0.2) is 10.3 Å². The second-order valence-electron chi connectivity index (χ2n) is 7.05. The van der Waals surface area contributed by atoms with Crippen LogP contribution in [-0.2, 0) is 4.79 Å². The summed E-state index contributed by atoms with van der Waals surface area (Å²) in [5.41, 5.74) is 8.08. The molecule has 0 unspecified atom stereocenters. The minimum atomic E-state index is -0.463. The number of benzene rings is 2. The number of fused-ring (bicyclic) bond motifs is 3. The van der Waals surface area contributed by atoms with Gasteiger partial charge in [-0.25, -0.2) is 0 Å². The molecule has 5 rings (SSSR count). The van der Waals surface area contributed by atoms with Crippen LogP contribution in [0.2, 0.25) is 5.02 Å². The number of rotatable bonds is 5. The van der Waals surface area contributed by atoms with Crippen LogP contribution < -0.4 is 21.5 Å². The zero-order valence-electron chi connectivity index (χ0n) is 16.6. The van der Waals surface area contributed by atoms with Crippen LogP contribution in [0.25, 0.3) is 5.69 Å². The molecule has 0 fully saturated rings. The molecule has 1 aromatic heterocycles. The third-order valence-corrected chi connectivity index (χ3v) is 7.17. The average Bonchev–Trinajstić information content (AvgIpc) is 3.34. The van der Waals surface area contributed by atoms with Crippen molar-refractivity contribution in [2.45, 2.75) is 10.1 Å². The summed E-state index contributed by atoms with van der Waals surface area (Å²) in [6.45, 7) is 1.64. The molecule has 0 atom stereocenters. The van der Waals surface area contributed by atoms with Crippen molar-refractivity contribution < 1.29 is 4.79 Å². The van der Waals surface area contributed by atoms with E-state index < -0.39 is 5.56 Å². The number of nitrogens with zero attached hydrogens (tertiary/aromatic N) is 4. The molecule has 2 aliphatic rings. The maximum Gasteiger partial charge on any atom is 0.275 e. The van der Waals surface area contributed by atoms with E-state index in [4.69, 9.17) is 17.3 Å². The van der Waals surface area contributed by atoms with E-state index in [0.29, 0.717) is 21.6 Å². The number of aliphatic imine (C=N–C) groups is 1. The molecular weight excluding hydrogens is 468 g/mol. The predicted molar refractivity (Wildman–Crippen MR) is 131 cm³/mol. The van der Waals surface area contributed by atoms with E-state index in [1.165, 1.54) is 6.07 Å². The number of nitrogens with one attached hydrogen (secondary N) is 1. The van der Waals surface area contributed by atoms with Crippen molar-refractivity contribution in [1.82, 2.24) is 9.55 Å². The van der Waals surface area contributed by atoms with E-state index in [9.17, 15) is 9.59 Å². The lowest BCUT2D eigenvalue weighted by atomic mass is 10.2. The van der Waals surface area contributed by atoms with Crippen molar-refractivity contribution in [2.24, 2.45) is 4.99 Å². The summed E-state index contributed by atoms with van der Waals surface area (Å²) in [6.07, 6.45) is 0. The molecular formula is C21H17ClN6O2S2. The number of amides is 1. The van der Waals surface area contributed by atoms with Crippen LogP contribution in [0, 0.1) is 0 Å². The van der Waals surface area contributed by atoms with Gasteiger partial charge in [0.25, 0.3) is 5.56 Å². The number of thioether (sulfide) groups is 2. The standard InChI is InChI=1S/C21H17ClN6O2S2/c22-12-1-4-14(5-2-12)28-17(23)10-18(29)26-21(28)31-11-19(30)25-13-3-6-16-15(9-13)27-8-7-24-20(27)32-16/h1-6,9-10H,7-8,11,23H2,(H,25,30). The van der Waals surface area contributed by atoms with Crippen LogP contribution in [0.15, 0.2) is 68.4 Å². The number of nitrogen functional groups attached to an aromatic ring is 1. The summed E-state index contributed by atoms with van der Waals surface area (Å²) in [5.74, 6) is 0.0795. The number of hydrogen-bond acceptors (Lipinski definition) is 8. The lowest BCUT2D eigenvalue weighted by Crippen LogP contribution is -2.21. The Balaban J connectivity index is 1.32. The smallest absolute Gasteiger partial charge is 0.275 e. The highest BCUT2D eigenvalue weighted by molar-refractivity contribution is 8.14. The average molecular weight is 485 g/mol. The zero-order chi connectivity index (χ0) is 22.2. The van der Waals surface area contributed by atoms with Crippen molar-refractivity contribution in [1.29, 1.82) is 0 Å². The van der Waals surface area contributed by atoms with Gasteiger partial charge in [-0.1, -0.05) is 23.4 Å². The molecule has 2 aromatic carbocycles. The summed E-state index contributed by atoms with van der Waals surface area (Å²) >= 11 is 8.75. The first-order valence-electron chi connectivity index (χ1n) is 9.70. The maximum absolute atomic E-state index is 12.6. The van der Waals surface area contributed by atoms with E-state index in [1.807, 2.05) is 18.2 Å². The maximum atomic E-state index is 12.6. The molecule has 8 nitrogen and oxygen atoms in total. The van der Waals surface area contributed by atoms with Crippen molar-refractivity contribution in [3.63, 3.8) is 0 Å². The Hall–Kier alpha value is -2.95. The first-order chi connectivity index (χ1) is 15.5. The minimum absolute atomic E-state index is 0.0613. The molecule has 0 aliphatic carbocycles. The Morgan fingerprint density at radius 3 is 2.84 bits per heavy atom.